The highest BCUT2D eigenvalue weighted by Crippen LogP contribution is 2.23. The Bertz CT molecular complexity index is 404. The van der Waals surface area contributed by atoms with Gasteiger partial charge in [0.1, 0.15) is 5.82 Å². The molecular weight excluding hydrogens is 251 g/mol. The monoisotopic (exact) mass is 280 g/mol. The summed E-state index contributed by atoms with van der Waals surface area (Å²) in [5, 5.41) is 3.45. The summed E-state index contributed by atoms with van der Waals surface area (Å²) in [6, 6.07) is 5.14. The van der Waals surface area contributed by atoms with Crippen LogP contribution in [0.2, 0.25) is 0 Å². The number of benzene rings is 1. The average Bonchev–Trinajstić information content (AvgIpc) is 2.35. The molecule has 0 radical (unpaired) electrons. The maximum Gasteiger partial charge on any atom is 0.123 e. The molecule has 0 unspecified atom stereocenters. The van der Waals surface area contributed by atoms with Crippen LogP contribution in [0.1, 0.15) is 53.0 Å². The van der Waals surface area contributed by atoms with Gasteiger partial charge in [-0.05, 0) is 57.4 Å². The van der Waals surface area contributed by atoms with Crippen molar-refractivity contribution in [1.82, 2.24) is 5.32 Å². The molecule has 0 saturated heterocycles. The molecule has 0 atom stereocenters. The van der Waals surface area contributed by atoms with Gasteiger partial charge in [-0.3, -0.25) is 0 Å². The van der Waals surface area contributed by atoms with Crippen LogP contribution in [0.15, 0.2) is 18.2 Å². The van der Waals surface area contributed by atoms with Crippen LogP contribution in [0.5, 0.6) is 0 Å². The first-order valence-electron chi connectivity index (χ1n) is 7.65. The van der Waals surface area contributed by atoms with Crippen molar-refractivity contribution in [3.05, 3.63) is 29.6 Å². The van der Waals surface area contributed by atoms with E-state index >= 15 is 0 Å². The van der Waals surface area contributed by atoms with Crippen molar-refractivity contribution in [3.63, 3.8) is 0 Å². The molecule has 114 valence electrons. The maximum atomic E-state index is 13.6. The van der Waals surface area contributed by atoms with Gasteiger partial charge in [0, 0.05) is 30.9 Å². The van der Waals surface area contributed by atoms with Crippen molar-refractivity contribution < 1.29 is 4.39 Å². The van der Waals surface area contributed by atoms with E-state index < -0.39 is 0 Å². The lowest BCUT2D eigenvalue weighted by Crippen LogP contribution is -2.36. The van der Waals surface area contributed by atoms with E-state index in [9.17, 15) is 4.39 Å². The van der Waals surface area contributed by atoms with Crippen molar-refractivity contribution in [1.29, 1.82) is 0 Å². The number of rotatable bonds is 7. The first-order chi connectivity index (χ1) is 9.37. The highest BCUT2D eigenvalue weighted by molar-refractivity contribution is 5.54. The van der Waals surface area contributed by atoms with Gasteiger partial charge in [0.25, 0.3) is 0 Å². The Morgan fingerprint density at radius 3 is 2.20 bits per heavy atom. The summed E-state index contributed by atoms with van der Waals surface area (Å²) >= 11 is 0. The normalized spacial score (nSPS) is 11.7. The van der Waals surface area contributed by atoms with Crippen molar-refractivity contribution in [3.8, 4) is 0 Å². The van der Waals surface area contributed by atoms with E-state index in [0.29, 0.717) is 6.54 Å². The highest BCUT2D eigenvalue weighted by Gasteiger charge is 2.14. The topological polar surface area (TPSA) is 15.3 Å². The average molecular weight is 280 g/mol. The van der Waals surface area contributed by atoms with Gasteiger partial charge < -0.3 is 10.2 Å². The van der Waals surface area contributed by atoms with E-state index in [2.05, 4.69) is 44.8 Å². The fourth-order valence-electron chi connectivity index (χ4n) is 2.26. The van der Waals surface area contributed by atoms with Crippen LogP contribution in [-0.2, 0) is 6.54 Å². The Hall–Kier alpha value is -1.09. The molecule has 0 saturated carbocycles. The quantitative estimate of drug-likeness (QED) is 0.799. The van der Waals surface area contributed by atoms with Crippen LogP contribution in [0.4, 0.5) is 10.1 Å². The van der Waals surface area contributed by atoms with Gasteiger partial charge in [0.05, 0.1) is 0 Å². The van der Waals surface area contributed by atoms with Gasteiger partial charge in [0.15, 0.2) is 0 Å². The molecule has 20 heavy (non-hydrogen) atoms. The number of halogens is 1. The third-order valence-electron chi connectivity index (χ3n) is 3.18. The summed E-state index contributed by atoms with van der Waals surface area (Å²) in [5.41, 5.74) is 2.23. The molecule has 0 spiro atoms. The molecule has 0 aliphatic heterocycles. The molecule has 1 rings (SSSR count). The molecule has 0 amide bonds. The Balaban J connectivity index is 2.98. The minimum atomic E-state index is -0.160. The summed E-state index contributed by atoms with van der Waals surface area (Å²) < 4.78 is 13.6. The number of nitrogens with one attached hydrogen (secondary N) is 1. The van der Waals surface area contributed by atoms with Gasteiger partial charge in [-0.2, -0.15) is 0 Å². The Morgan fingerprint density at radius 2 is 1.70 bits per heavy atom. The van der Waals surface area contributed by atoms with Gasteiger partial charge in [-0.15, -0.1) is 0 Å². The van der Waals surface area contributed by atoms with Crippen molar-refractivity contribution >= 4 is 5.69 Å². The number of anilines is 1. The molecule has 0 bridgehead atoms. The van der Waals surface area contributed by atoms with E-state index in [1.807, 2.05) is 6.07 Å². The van der Waals surface area contributed by atoms with E-state index in [1.165, 1.54) is 0 Å². The number of hydrogen-bond acceptors (Lipinski definition) is 2. The standard InChI is InChI=1S/C17H29FN2/c1-6-10-20(11-7-2)16-9-8-15(18)12-14(16)13-19-17(3,4)5/h8-9,12,19H,6-7,10-11,13H2,1-5H3. The van der Waals surface area contributed by atoms with E-state index in [1.54, 1.807) is 12.1 Å². The fourth-order valence-corrected chi connectivity index (χ4v) is 2.26. The smallest absolute Gasteiger partial charge is 0.123 e. The predicted octanol–water partition coefficient (Wildman–Crippen LogP) is 4.34. The summed E-state index contributed by atoms with van der Waals surface area (Å²) in [6.07, 6.45) is 2.20. The zero-order valence-corrected chi connectivity index (χ0v) is 13.6. The zero-order chi connectivity index (χ0) is 15.2. The first kappa shape index (κ1) is 17.0. The molecule has 1 aromatic carbocycles. The molecule has 3 heteroatoms. The number of nitrogens with zero attached hydrogens (tertiary/aromatic N) is 1. The third-order valence-corrected chi connectivity index (χ3v) is 3.18. The molecule has 2 nitrogen and oxygen atoms in total. The zero-order valence-electron chi connectivity index (χ0n) is 13.6. The minimum absolute atomic E-state index is 0.0317. The number of hydrogen-bond donors (Lipinski definition) is 1. The third kappa shape index (κ3) is 5.49. The minimum Gasteiger partial charge on any atom is -0.371 e. The predicted molar refractivity (Wildman–Crippen MR) is 85.8 cm³/mol. The van der Waals surface area contributed by atoms with Crippen LogP contribution in [-0.4, -0.2) is 18.6 Å². The van der Waals surface area contributed by atoms with E-state index in [0.717, 1.165) is 37.2 Å². The molecule has 0 aromatic heterocycles. The molecule has 0 heterocycles. The highest BCUT2D eigenvalue weighted by atomic mass is 19.1. The van der Waals surface area contributed by atoms with E-state index in [-0.39, 0.29) is 11.4 Å². The molecule has 0 aliphatic rings. The van der Waals surface area contributed by atoms with Gasteiger partial charge in [-0.25, -0.2) is 4.39 Å². The summed E-state index contributed by atoms with van der Waals surface area (Å²) in [7, 11) is 0. The molecule has 1 aromatic rings. The summed E-state index contributed by atoms with van der Waals surface area (Å²) in [6.45, 7) is 13.5. The van der Waals surface area contributed by atoms with Crippen LogP contribution in [0.25, 0.3) is 0 Å². The fraction of sp³-hybridized carbons (Fsp3) is 0.647. The van der Waals surface area contributed by atoms with Crippen LogP contribution >= 0.6 is 0 Å². The van der Waals surface area contributed by atoms with Crippen molar-refractivity contribution in [2.75, 3.05) is 18.0 Å². The van der Waals surface area contributed by atoms with Gasteiger partial charge in [0.2, 0.25) is 0 Å². The van der Waals surface area contributed by atoms with Gasteiger partial charge in [-0.1, -0.05) is 13.8 Å². The molecule has 0 aliphatic carbocycles. The van der Waals surface area contributed by atoms with E-state index in [4.69, 9.17) is 0 Å². The Kier molecular flexibility index (Phi) is 6.47. The Morgan fingerprint density at radius 1 is 1.10 bits per heavy atom. The largest absolute Gasteiger partial charge is 0.371 e. The lowest BCUT2D eigenvalue weighted by molar-refractivity contribution is 0.423. The Labute approximate surface area is 123 Å². The molecule has 1 N–H and O–H groups in total. The van der Waals surface area contributed by atoms with Crippen molar-refractivity contribution in [2.45, 2.75) is 59.5 Å². The molecule has 0 fully saturated rings. The SMILES string of the molecule is CCCN(CCC)c1ccc(F)cc1CNC(C)(C)C. The molecular formula is C17H29FN2. The van der Waals surface area contributed by atoms with Crippen LogP contribution in [0.3, 0.4) is 0 Å². The maximum absolute atomic E-state index is 13.6. The second kappa shape index (κ2) is 7.63. The lowest BCUT2D eigenvalue weighted by atomic mass is 10.1. The van der Waals surface area contributed by atoms with Crippen LogP contribution < -0.4 is 10.2 Å². The summed E-state index contributed by atoms with van der Waals surface area (Å²) in [5.74, 6) is -0.160. The first-order valence-corrected chi connectivity index (χ1v) is 7.65. The summed E-state index contributed by atoms with van der Waals surface area (Å²) in [4.78, 5) is 2.36. The lowest BCUT2D eigenvalue weighted by Gasteiger charge is -2.28. The van der Waals surface area contributed by atoms with Crippen molar-refractivity contribution in [2.24, 2.45) is 0 Å². The second-order valence-electron chi connectivity index (χ2n) is 6.36. The van der Waals surface area contributed by atoms with Crippen LogP contribution in [0, 0.1) is 5.82 Å². The second-order valence-corrected chi connectivity index (χ2v) is 6.36. The van der Waals surface area contributed by atoms with Gasteiger partial charge >= 0.3 is 0 Å².